The maximum absolute atomic E-state index is 5.20. The maximum atomic E-state index is 5.20. The Morgan fingerprint density at radius 2 is 0.348 bits per heavy atom. The van der Waals surface area contributed by atoms with Gasteiger partial charge in [-0.1, -0.05) is 0 Å². The van der Waals surface area contributed by atoms with Crippen molar-refractivity contribution >= 4 is 164 Å². The molecule has 0 aromatic carbocycles. The maximum Gasteiger partial charge on any atom is 0 e. The van der Waals surface area contributed by atoms with Gasteiger partial charge in [0.1, 0.15) is 0 Å². The Morgan fingerprint density at radius 1 is 0.217 bits per heavy atom. The van der Waals surface area contributed by atoms with Crippen LogP contribution < -0.4 is 0 Å². The highest BCUT2D eigenvalue weighted by Gasteiger charge is 2.00. The van der Waals surface area contributed by atoms with Crippen molar-refractivity contribution < 1.29 is 0 Å². The van der Waals surface area contributed by atoms with Crippen molar-refractivity contribution in [3.63, 3.8) is 0 Å². The van der Waals surface area contributed by atoms with Crippen LogP contribution in [0.3, 0.4) is 0 Å². The third kappa shape index (κ3) is 23.5. The summed E-state index contributed by atoms with van der Waals surface area (Å²) in [5.41, 5.74) is 0. The van der Waals surface area contributed by atoms with Crippen molar-refractivity contribution in [1.29, 1.82) is 0 Å². The lowest BCUT2D eigenvalue weighted by molar-refractivity contribution is 3.77. The average Bonchev–Trinajstić information content (AvgIpc) is 2.57. The van der Waals surface area contributed by atoms with Gasteiger partial charge < -0.3 is 0 Å². The molecule has 0 nitrogen and oxygen atoms in total. The molecule has 0 fully saturated rings. The van der Waals surface area contributed by atoms with Crippen LogP contribution in [0.15, 0.2) is 0 Å². The summed E-state index contributed by atoms with van der Waals surface area (Å²) in [4.78, 5) is 0. The molecule has 0 amide bonds. The molecular weight excluding hydrogens is 249 g/mol. The Morgan fingerprint density at radius 3 is 0.478 bits per heavy atom. The summed E-state index contributed by atoms with van der Waals surface area (Å²) in [6.45, 7) is 0. The van der Waals surface area contributed by atoms with E-state index >= 15 is 0 Å². The second-order valence-corrected chi connectivity index (χ2v) is 4.04. The molecule has 0 aromatic heterocycles. The normalized spacial score (nSPS) is 7.48. The second-order valence-electron chi connectivity index (χ2n) is 4.04. The Bertz CT molecular complexity index is 164. The lowest BCUT2D eigenvalue weighted by Gasteiger charge is -1.98. The molecule has 69 valence electrons. The first kappa shape index (κ1) is 24.5. The predicted octanol–water partition coefficient (Wildman–Crippen LogP) is -8.76. The van der Waals surface area contributed by atoms with E-state index < -0.39 is 0 Å². The van der Waals surface area contributed by atoms with Crippen molar-refractivity contribution in [1.82, 2.24) is 0 Å². The Hall–Kier alpha value is 1.49. The first-order chi connectivity index (χ1) is 11.4. The summed E-state index contributed by atoms with van der Waals surface area (Å²) >= 11 is 0. The molecule has 0 heterocycles. The minimum atomic E-state index is 1.50. The van der Waals surface area contributed by atoms with Gasteiger partial charge in [0.25, 0.3) is 0 Å². The van der Waals surface area contributed by atoms with E-state index in [0.717, 1.165) is 0 Å². The first-order valence-electron chi connectivity index (χ1n) is 7.33. The van der Waals surface area contributed by atoms with Gasteiger partial charge in [-0.05, 0) is 0 Å². The minimum absolute atomic E-state index is 1.50. The van der Waals surface area contributed by atoms with Crippen molar-refractivity contribution in [2.24, 2.45) is 0 Å². The minimum Gasteiger partial charge on any atom is 0 e. The monoisotopic (exact) mass is 253 g/mol. The molecule has 0 aromatic rings. The van der Waals surface area contributed by atoms with E-state index in [1.807, 2.05) is 120 Å². The van der Waals surface area contributed by atoms with Gasteiger partial charge in [0, 0.05) is 164 Å². The fraction of sp³-hybridized carbons (Fsp3) is 0. The molecule has 0 aliphatic rings. The van der Waals surface area contributed by atoms with E-state index in [1.165, 1.54) is 14.1 Å². The van der Waals surface area contributed by atoms with Crippen LogP contribution in [0.25, 0.3) is 0 Å². The molecule has 0 spiro atoms. The third-order valence-corrected chi connectivity index (χ3v) is 2.22. The van der Waals surface area contributed by atoms with Crippen molar-refractivity contribution in [2.75, 3.05) is 0 Å². The molecule has 0 rings (SSSR count). The van der Waals surface area contributed by atoms with Crippen LogP contribution in [0.5, 0.6) is 0 Å². The molecule has 0 saturated carbocycles. The fourth-order valence-electron chi connectivity index (χ4n) is 1.22. The molecule has 23 heavy (non-hydrogen) atoms. The predicted molar refractivity (Wildman–Crippen MR) is 132 cm³/mol. The summed E-state index contributed by atoms with van der Waals surface area (Å²) in [7, 11) is 50.0. The molecule has 25 radical (unpaired) electrons. The SMILES string of the molecule is [B][B][B][B][B][B][B][B][B][B][B][B][B][B][B][B][B][B][B][B][B][B][B]. The molecule has 0 saturated heterocycles. The molecule has 0 aliphatic heterocycles. The Labute approximate surface area is 163 Å². The van der Waals surface area contributed by atoms with Gasteiger partial charge in [0.2, 0.25) is 0 Å². The Balaban J connectivity index is 2.92. The average molecular weight is 249 g/mol. The topological polar surface area (TPSA) is 0 Å². The molecule has 0 N–H and O–H groups in total. The van der Waals surface area contributed by atoms with Crippen molar-refractivity contribution in [3.8, 4) is 0 Å². The van der Waals surface area contributed by atoms with Gasteiger partial charge in [-0.2, -0.15) is 0 Å². The number of hydrogen-bond acceptors (Lipinski definition) is 0. The molecule has 0 atom stereocenters. The quantitative estimate of drug-likeness (QED) is 0.148. The van der Waals surface area contributed by atoms with Gasteiger partial charge in [-0.15, -0.1) is 0 Å². The summed E-state index contributed by atoms with van der Waals surface area (Å²) in [6, 6.07) is 0. The molecule has 0 unspecified atom stereocenters. The van der Waals surface area contributed by atoms with Gasteiger partial charge >= 0.3 is 0 Å². The van der Waals surface area contributed by atoms with Gasteiger partial charge in [0.15, 0.2) is 0 Å². The van der Waals surface area contributed by atoms with Crippen molar-refractivity contribution in [2.45, 2.75) is 0 Å². The lowest BCUT2D eigenvalue weighted by atomic mass is 8.83. The molecule has 0 aliphatic carbocycles. The zero-order chi connectivity index (χ0) is 16.8. The summed E-state index contributed by atoms with van der Waals surface area (Å²) < 4.78 is 0. The van der Waals surface area contributed by atoms with Crippen LogP contribution in [-0.2, 0) is 0 Å². The van der Waals surface area contributed by atoms with Crippen LogP contribution >= 0.6 is 0 Å². The van der Waals surface area contributed by atoms with Crippen LogP contribution in [-0.4, -0.2) is 164 Å². The standard InChI is InChI=1S/B23/c1-3-5-7-9-11-13-15-17-19-21-23-22-20-18-16-14-12-10-8-6-4-2. The highest BCUT2D eigenvalue weighted by molar-refractivity contribution is 7.75. The summed E-state index contributed by atoms with van der Waals surface area (Å²) in [5, 5.41) is 0. The van der Waals surface area contributed by atoms with E-state index in [1.54, 1.807) is 14.1 Å². The number of rotatable bonds is 20. The second kappa shape index (κ2) is 23.5. The smallest absolute Gasteiger partial charge is 0 e. The van der Waals surface area contributed by atoms with Crippen LogP contribution in [0.1, 0.15) is 0 Å². The van der Waals surface area contributed by atoms with Gasteiger partial charge in [0.05, 0.1) is 0 Å². The zero-order valence-electron chi connectivity index (χ0n) is 13.3. The van der Waals surface area contributed by atoms with E-state index in [2.05, 4.69) is 0 Å². The van der Waals surface area contributed by atoms with Crippen LogP contribution in [0.2, 0.25) is 0 Å². The van der Waals surface area contributed by atoms with Crippen molar-refractivity contribution in [3.05, 3.63) is 0 Å². The summed E-state index contributed by atoms with van der Waals surface area (Å²) in [5.74, 6) is 0. The molecule has 0 bridgehead atoms. The third-order valence-electron chi connectivity index (χ3n) is 2.22. The van der Waals surface area contributed by atoms with Gasteiger partial charge in [-0.25, -0.2) is 0 Å². The highest BCUT2D eigenvalue weighted by atomic mass is 12.8. The molecule has 23 heteroatoms. The van der Waals surface area contributed by atoms with E-state index in [4.69, 9.17) is 15.5 Å². The largest absolute Gasteiger partial charge is 0 e. The first-order valence-corrected chi connectivity index (χ1v) is 7.33. The van der Waals surface area contributed by atoms with E-state index in [0.29, 0.717) is 0 Å². The van der Waals surface area contributed by atoms with E-state index in [9.17, 15) is 0 Å². The summed E-state index contributed by atoms with van der Waals surface area (Å²) in [6.07, 6.45) is 0. The zero-order valence-corrected chi connectivity index (χ0v) is 13.3. The lowest BCUT2D eigenvalue weighted by Crippen LogP contribution is -2.36. The van der Waals surface area contributed by atoms with E-state index in [-0.39, 0.29) is 0 Å². The highest BCUT2D eigenvalue weighted by Crippen LogP contribution is 1.62. The van der Waals surface area contributed by atoms with Gasteiger partial charge in [-0.3, -0.25) is 0 Å². The van der Waals surface area contributed by atoms with Crippen LogP contribution in [0, 0.1) is 0 Å². The Kier molecular flexibility index (Phi) is 25.0. The number of hydrogen-bond donors (Lipinski definition) is 0. The molecular formula is B23. The fourth-order valence-corrected chi connectivity index (χ4v) is 1.22. The van der Waals surface area contributed by atoms with Crippen LogP contribution in [0.4, 0.5) is 0 Å².